The van der Waals surface area contributed by atoms with Crippen LogP contribution < -0.4 is 10.9 Å². The van der Waals surface area contributed by atoms with Crippen LogP contribution in [0.4, 0.5) is 5.69 Å². The van der Waals surface area contributed by atoms with Gasteiger partial charge in [-0.15, -0.1) is 21.5 Å². The summed E-state index contributed by atoms with van der Waals surface area (Å²) in [4.78, 5) is 30.8. The van der Waals surface area contributed by atoms with E-state index in [-0.39, 0.29) is 17.2 Å². The van der Waals surface area contributed by atoms with E-state index >= 15 is 0 Å². The maximum atomic E-state index is 13.9. The standard InChI is InChI=1S/C25H21ClN6O2S2/c1-30-12-11-18-19(13-30)36-23-21(18)22(34)31(17-5-3-2-4-6-17)24-28-29-25(32(23)24)35-14-20(33)27-16-9-7-15(26)8-10-16/h2-10H,11-14H2,1H3,(H,27,33). The van der Waals surface area contributed by atoms with Crippen LogP contribution in [0.5, 0.6) is 0 Å². The highest BCUT2D eigenvalue weighted by atomic mass is 35.5. The number of likely N-dealkylation sites (N-methyl/N-ethyl adjacent to an activating group) is 1. The average molecular weight is 537 g/mol. The van der Waals surface area contributed by atoms with Gasteiger partial charge in [-0.2, -0.15) is 0 Å². The molecule has 0 saturated carbocycles. The van der Waals surface area contributed by atoms with Crippen molar-refractivity contribution in [1.82, 2.24) is 24.1 Å². The molecule has 6 rings (SSSR count). The Morgan fingerprint density at radius 2 is 1.92 bits per heavy atom. The minimum atomic E-state index is -0.168. The van der Waals surface area contributed by atoms with Gasteiger partial charge in [0.1, 0.15) is 4.83 Å². The number of carbonyl (C=O) groups excluding carboxylic acids is 1. The van der Waals surface area contributed by atoms with Crippen LogP contribution in [0.25, 0.3) is 21.7 Å². The van der Waals surface area contributed by atoms with Gasteiger partial charge in [0, 0.05) is 28.7 Å². The van der Waals surface area contributed by atoms with Gasteiger partial charge in [-0.05, 0) is 55.4 Å². The number of rotatable bonds is 5. The van der Waals surface area contributed by atoms with Crippen LogP contribution in [-0.4, -0.2) is 49.3 Å². The number of anilines is 1. The highest BCUT2D eigenvalue weighted by molar-refractivity contribution is 7.99. The summed E-state index contributed by atoms with van der Waals surface area (Å²) >= 11 is 8.83. The van der Waals surface area contributed by atoms with Gasteiger partial charge >= 0.3 is 0 Å². The van der Waals surface area contributed by atoms with Crippen LogP contribution in [0.2, 0.25) is 5.02 Å². The zero-order chi connectivity index (χ0) is 24.8. The lowest BCUT2D eigenvalue weighted by Gasteiger charge is -2.21. The number of aromatic nitrogens is 4. The monoisotopic (exact) mass is 536 g/mol. The molecule has 1 aliphatic rings. The molecule has 3 aromatic heterocycles. The lowest BCUT2D eigenvalue weighted by Crippen LogP contribution is -2.27. The van der Waals surface area contributed by atoms with Gasteiger partial charge in [0.05, 0.1) is 16.8 Å². The first-order valence-electron chi connectivity index (χ1n) is 11.4. The third-order valence-corrected chi connectivity index (χ3v) is 8.52. The molecule has 0 bridgehead atoms. The number of thiophene rings is 1. The van der Waals surface area contributed by atoms with Crippen molar-refractivity contribution >= 4 is 62.3 Å². The van der Waals surface area contributed by atoms with Gasteiger partial charge in [-0.3, -0.25) is 9.59 Å². The Morgan fingerprint density at radius 1 is 1.14 bits per heavy atom. The number of para-hydroxylation sites is 1. The topological polar surface area (TPSA) is 84.5 Å². The van der Waals surface area contributed by atoms with Gasteiger partial charge in [-0.25, -0.2) is 8.97 Å². The largest absolute Gasteiger partial charge is 0.325 e. The molecule has 0 fully saturated rings. The molecule has 0 atom stereocenters. The second-order valence-corrected chi connectivity index (χ2v) is 11.1. The molecule has 36 heavy (non-hydrogen) atoms. The summed E-state index contributed by atoms with van der Waals surface area (Å²) in [5, 5.41) is 13.6. The summed E-state index contributed by atoms with van der Waals surface area (Å²) in [5.41, 5.74) is 2.42. The Labute approximate surface area is 219 Å². The maximum absolute atomic E-state index is 13.9. The number of benzene rings is 2. The second kappa shape index (κ2) is 9.36. The van der Waals surface area contributed by atoms with Crippen LogP contribution in [0, 0.1) is 0 Å². The van der Waals surface area contributed by atoms with E-state index in [9.17, 15) is 9.59 Å². The Bertz CT molecular complexity index is 1660. The molecule has 0 spiro atoms. The SMILES string of the molecule is CN1CCc2c(sc3c2c(=O)n(-c2ccccc2)c2nnc(SCC(=O)Nc4ccc(Cl)cc4)n32)C1. The summed E-state index contributed by atoms with van der Waals surface area (Å²) in [7, 11) is 2.09. The van der Waals surface area contributed by atoms with E-state index in [0.717, 1.165) is 35.6 Å². The summed E-state index contributed by atoms with van der Waals surface area (Å²) in [5.74, 6) is 0.411. The highest BCUT2D eigenvalue weighted by Crippen LogP contribution is 2.35. The molecule has 1 amide bonds. The molecule has 0 aliphatic carbocycles. The number of fused-ring (bicyclic) bond motifs is 5. The maximum Gasteiger partial charge on any atom is 0.268 e. The predicted molar refractivity (Wildman–Crippen MR) is 145 cm³/mol. The number of thioether (sulfide) groups is 1. The number of nitrogens with one attached hydrogen (secondary N) is 1. The lowest BCUT2D eigenvalue weighted by molar-refractivity contribution is -0.113. The third-order valence-electron chi connectivity index (χ3n) is 6.14. The molecule has 0 saturated heterocycles. The van der Waals surface area contributed by atoms with E-state index in [1.165, 1.54) is 16.6 Å². The van der Waals surface area contributed by atoms with Gasteiger partial charge in [0.15, 0.2) is 5.16 Å². The van der Waals surface area contributed by atoms with Crippen molar-refractivity contribution in [1.29, 1.82) is 0 Å². The number of hydrogen-bond donors (Lipinski definition) is 1. The normalized spacial score (nSPS) is 13.8. The zero-order valence-electron chi connectivity index (χ0n) is 19.3. The quantitative estimate of drug-likeness (QED) is 0.334. The minimum absolute atomic E-state index is 0.0878. The number of amides is 1. The number of hydrogen-bond acceptors (Lipinski definition) is 7. The zero-order valence-corrected chi connectivity index (χ0v) is 21.7. The van der Waals surface area contributed by atoms with E-state index in [4.69, 9.17) is 11.6 Å². The van der Waals surface area contributed by atoms with Crippen molar-refractivity contribution in [3.8, 4) is 5.69 Å². The highest BCUT2D eigenvalue weighted by Gasteiger charge is 2.27. The van der Waals surface area contributed by atoms with Crippen molar-refractivity contribution in [3.05, 3.63) is 80.4 Å². The molecule has 0 unspecified atom stereocenters. The first kappa shape index (κ1) is 23.2. The van der Waals surface area contributed by atoms with E-state index in [1.807, 2.05) is 34.7 Å². The summed E-state index contributed by atoms with van der Waals surface area (Å²) in [6.45, 7) is 1.70. The van der Waals surface area contributed by atoms with Crippen molar-refractivity contribution in [3.63, 3.8) is 0 Å². The van der Waals surface area contributed by atoms with Crippen LogP contribution in [0.1, 0.15) is 10.4 Å². The molecule has 2 aromatic carbocycles. The Morgan fingerprint density at radius 3 is 2.69 bits per heavy atom. The fourth-order valence-corrected chi connectivity index (χ4v) is 6.78. The van der Waals surface area contributed by atoms with Gasteiger partial charge in [0.25, 0.3) is 5.56 Å². The van der Waals surface area contributed by atoms with E-state index < -0.39 is 0 Å². The second-order valence-electron chi connectivity index (χ2n) is 8.61. The molecular formula is C25H21ClN6O2S2. The number of halogens is 1. The van der Waals surface area contributed by atoms with Crippen LogP contribution in [0.3, 0.4) is 0 Å². The van der Waals surface area contributed by atoms with Gasteiger partial charge in [0.2, 0.25) is 11.7 Å². The lowest BCUT2D eigenvalue weighted by atomic mass is 10.1. The first-order valence-corrected chi connectivity index (χ1v) is 13.5. The number of nitrogens with zero attached hydrogens (tertiary/aromatic N) is 5. The molecule has 4 heterocycles. The van der Waals surface area contributed by atoms with Crippen molar-refractivity contribution in [2.75, 3.05) is 24.7 Å². The summed E-state index contributed by atoms with van der Waals surface area (Å²) < 4.78 is 3.55. The summed E-state index contributed by atoms with van der Waals surface area (Å²) in [6, 6.07) is 16.5. The van der Waals surface area contributed by atoms with E-state index in [1.54, 1.807) is 40.2 Å². The van der Waals surface area contributed by atoms with Crippen LogP contribution in [-0.2, 0) is 17.8 Å². The van der Waals surface area contributed by atoms with Crippen molar-refractivity contribution in [2.45, 2.75) is 18.1 Å². The van der Waals surface area contributed by atoms with E-state index in [0.29, 0.717) is 27.0 Å². The molecule has 182 valence electrons. The third kappa shape index (κ3) is 4.09. The Hall–Kier alpha value is -3.18. The van der Waals surface area contributed by atoms with Crippen LogP contribution >= 0.6 is 34.7 Å². The first-order chi connectivity index (χ1) is 17.5. The molecule has 0 radical (unpaired) electrons. The predicted octanol–water partition coefficient (Wildman–Crippen LogP) is 4.47. The Balaban J connectivity index is 1.44. The smallest absolute Gasteiger partial charge is 0.268 e. The summed E-state index contributed by atoms with van der Waals surface area (Å²) in [6.07, 6.45) is 0.815. The molecule has 11 heteroatoms. The molecule has 8 nitrogen and oxygen atoms in total. The fourth-order valence-electron chi connectivity index (χ4n) is 4.45. The number of carbonyl (C=O) groups is 1. The van der Waals surface area contributed by atoms with E-state index in [2.05, 4.69) is 27.5 Å². The van der Waals surface area contributed by atoms with Gasteiger partial charge < -0.3 is 10.2 Å². The molecule has 1 aliphatic heterocycles. The average Bonchev–Trinajstić information content (AvgIpc) is 3.46. The fraction of sp³-hybridized carbons (Fsp3) is 0.200. The molecular weight excluding hydrogens is 516 g/mol. The van der Waals surface area contributed by atoms with Gasteiger partial charge in [-0.1, -0.05) is 41.6 Å². The molecule has 5 aromatic rings. The Kier molecular flexibility index (Phi) is 6.04. The molecule has 1 N–H and O–H groups in total. The minimum Gasteiger partial charge on any atom is -0.325 e. The van der Waals surface area contributed by atoms with Crippen molar-refractivity contribution in [2.24, 2.45) is 0 Å². The van der Waals surface area contributed by atoms with Crippen LogP contribution in [0.15, 0.2) is 64.5 Å². The van der Waals surface area contributed by atoms with Crippen molar-refractivity contribution < 1.29 is 4.79 Å².